The minimum absolute atomic E-state index is 0.269. The number of aromatic nitrogens is 3. The average molecular weight is 427 g/mol. The summed E-state index contributed by atoms with van der Waals surface area (Å²) in [4.78, 5) is 26.8. The van der Waals surface area contributed by atoms with Crippen molar-refractivity contribution in [1.82, 2.24) is 10.1 Å². The fourth-order valence-corrected chi connectivity index (χ4v) is 3.75. The van der Waals surface area contributed by atoms with Crippen molar-refractivity contribution in [2.75, 3.05) is 25.3 Å². The number of hydrogen-bond donors (Lipinski definition) is 3. The van der Waals surface area contributed by atoms with E-state index in [1.165, 1.54) is 18.9 Å². The van der Waals surface area contributed by atoms with Crippen LogP contribution in [0.25, 0.3) is 11.3 Å². The zero-order chi connectivity index (χ0) is 21.3. The van der Waals surface area contributed by atoms with E-state index < -0.39 is 18.7 Å². The molecular formula is C20H19N4O5S+. The summed E-state index contributed by atoms with van der Waals surface area (Å²) in [7, 11) is 1.48. The summed E-state index contributed by atoms with van der Waals surface area (Å²) in [5, 5.41) is 17.5. The van der Waals surface area contributed by atoms with E-state index in [1.54, 1.807) is 22.9 Å². The Bertz CT molecular complexity index is 1180. The summed E-state index contributed by atoms with van der Waals surface area (Å²) in [6.45, 7) is -0.535. The van der Waals surface area contributed by atoms with Gasteiger partial charge in [0.2, 0.25) is 5.16 Å². The van der Waals surface area contributed by atoms with Gasteiger partial charge in [-0.3, -0.25) is 9.78 Å². The van der Waals surface area contributed by atoms with E-state index in [2.05, 4.69) is 15.4 Å². The molecule has 0 saturated heterocycles. The fraction of sp³-hybridized carbons (Fsp3) is 0.200. The molecule has 154 valence electrons. The number of carbonyl (C=O) groups is 1. The first-order valence-electron chi connectivity index (χ1n) is 9.01. The summed E-state index contributed by atoms with van der Waals surface area (Å²) >= 11 is 1.31. The van der Waals surface area contributed by atoms with Crippen LogP contribution in [0.3, 0.4) is 0 Å². The summed E-state index contributed by atoms with van der Waals surface area (Å²) in [5.41, 5.74) is 2.16. The topological polar surface area (TPSA) is 117 Å². The zero-order valence-electron chi connectivity index (χ0n) is 16.2. The molecule has 0 spiro atoms. The van der Waals surface area contributed by atoms with E-state index >= 15 is 0 Å². The molecule has 1 aromatic heterocycles. The van der Waals surface area contributed by atoms with Gasteiger partial charge in [-0.2, -0.15) is 0 Å². The zero-order valence-corrected chi connectivity index (χ0v) is 17.0. The third kappa shape index (κ3) is 3.45. The van der Waals surface area contributed by atoms with Gasteiger partial charge < -0.3 is 19.9 Å². The molecule has 9 nitrogen and oxygen atoms in total. The van der Waals surface area contributed by atoms with E-state index in [4.69, 9.17) is 14.6 Å². The van der Waals surface area contributed by atoms with Crippen LogP contribution in [0.4, 0.5) is 5.69 Å². The van der Waals surface area contributed by atoms with Crippen LogP contribution in [0.15, 0.2) is 52.4 Å². The van der Waals surface area contributed by atoms with Crippen molar-refractivity contribution in [2.24, 2.45) is 0 Å². The van der Waals surface area contributed by atoms with Crippen molar-refractivity contribution in [3.8, 4) is 22.8 Å². The van der Waals surface area contributed by atoms with Crippen LogP contribution in [-0.2, 0) is 4.79 Å². The van der Waals surface area contributed by atoms with Gasteiger partial charge in [0.25, 0.3) is 6.17 Å². The van der Waals surface area contributed by atoms with Crippen molar-refractivity contribution in [3.05, 3.63) is 58.4 Å². The number of H-pyrrole nitrogens is 1. The van der Waals surface area contributed by atoms with Gasteiger partial charge in [-0.15, -0.1) is 0 Å². The number of para-hydroxylation sites is 2. The van der Waals surface area contributed by atoms with Gasteiger partial charge in [0.05, 0.1) is 23.9 Å². The molecule has 0 amide bonds. The number of fused-ring (bicyclic) bond motifs is 3. The molecular weight excluding hydrogens is 408 g/mol. The number of methoxy groups -OCH3 is 1. The first-order chi connectivity index (χ1) is 14.5. The van der Waals surface area contributed by atoms with Crippen LogP contribution in [0.2, 0.25) is 0 Å². The Hall–Kier alpha value is -3.53. The minimum atomic E-state index is -1.11. The highest BCUT2D eigenvalue weighted by atomic mass is 32.2. The second kappa shape index (κ2) is 8.07. The number of hydrogen-bond acceptors (Lipinski definition) is 7. The largest absolute Gasteiger partial charge is 0.493 e. The number of thioether (sulfide) groups is 1. The number of carboxylic acids is 1. The van der Waals surface area contributed by atoms with Gasteiger partial charge >= 0.3 is 17.2 Å². The number of aliphatic carboxylic acids is 1. The molecule has 30 heavy (non-hydrogen) atoms. The van der Waals surface area contributed by atoms with Crippen LogP contribution >= 0.6 is 11.8 Å². The van der Waals surface area contributed by atoms with Crippen molar-refractivity contribution in [3.63, 3.8) is 0 Å². The monoisotopic (exact) mass is 427 g/mol. The number of aromatic amines is 1. The van der Waals surface area contributed by atoms with E-state index in [0.29, 0.717) is 27.7 Å². The number of anilines is 1. The van der Waals surface area contributed by atoms with E-state index in [1.807, 2.05) is 30.5 Å². The molecule has 1 aliphatic heterocycles. The molecule has 10 heteroatoms. The first-order valence-corrected chi connectivity index (χ1v) is 10.2. The van der Waals surface area contributed by atoms with Crippen molar-refractivity contribution < 1.29 is 24.1 Å². The molecule has 0 unspecified atom stereocenters. The predicted octanol–water partition coefficient (Wildman–Crippen LogP) is 1.89. The van der Waals surface area contributed by atoms with E-state index in [-0.39, 0.29) is 11.3 Å². The molecule has 0 fully saturated rings. The summed E-state index contributed by atoms with van der Waals surface area (Å²) in [6, 6.07) is 12.7. The maximum absolute atomic E-state index is 12.9. The SMILES string of the molecule is COc1cccc([C@H]2Nc3ccccc3-c3c(=O)[nH]c(SC)n[n+]32)c1OCC(=O)O. The maximum atomic E-state index is 12.9. The van der Waals surface area contributed by atoms with Crippen LogP contribution in [0.5, 0.6) is 11.5 Å². The first kappa shape index (κ1) is 19.8. The van der Waals surface area contributed by atoms with Crippen LogP contribution in [0.1, 0.15) is 11.7 Å². The quantitative estimate of drug-likeness (QED) is 0.403. The number of ether oxygens (including phenoxy) is 2. The van der Waals surface area contributed by atoms with Gasteiger partial charge in [-0.25, -0.2) is 4.79 Å². The molecule has 1 aliphatic rings. The smallest absolute Gasteiger partial charge is 0.341 e. The molecule has 0 aliphatic carbocycles. The molecule has 0 saturated carbocycles. The van der Waals surface area contributed by atoms with Gasteiger partial charge in [0.1, 0.15) is 0 Å². The number of benzene rings is 2. The molecule has 1 atom stereocenters. The molecule has 0 bridgehead atoms. The number of rotatable bonds is 6. The van der Waals surface area contributed by atoms with Crippen LogP contribution in [-0.4, -0.2) is 41.1 Å². The Morgan fingerprint density at radius 1 is 1.27 bits per heavy atom. The lowest BCUT2D eigenvalue weighted by atomic mass is 10.0. The molecule has 3 N–H and O–H groups in total. The fourth-order valence-electron chi connectivity index (χ4n) is 3.39. The third-order valence-corrected chi connectivity index (χ3v) is 5.21. The molecule has 3 aromatic rings. The summed E-state index contributed by atoms with van der Waals surface area (Å²) in [5.74, 6) is -0.460. The summed E-state index contributed by atoms with van der Waals surface area (Å²) < 4.78 is 12.5. The van der Waals surface area contributed by atoms with Gasteiger partial charge in [0, 0.05) is 5.10 Å². The Balaban J connectivity index is 1.95. The highest BCUT2D eigenvalue weighted by molar-refractivity contribution is 7.98. The Labute approximate surface area is 175 Å². The lowest BCUT2D eigenvalue weighted by Gasteiger charge is -2.24. The predicted molar refractivity (Wildman–Crippen MR) is 110 cm³/mol. The number of nitrogens with one attached hydrogen (secondary N) is 2. The van der Waals surface area contributed by atoms with Crippen LogP contribution in [0, 0.1) is 0 Å². The van der Waals surface area contributed by atoms with E-state index in [9.17, 15) is 9.59 Å². The summed E-state index contributed by atoms with van der Waals surface area (Å²) in [6.07, 6.45) is 1.19. The maximum Gasteiger partial charge on any atom is 0.341 e. The van der Waals surface area contributed by atoms with Crippen molar-refractivity contribution in [2.45, 2.75) is 11.3 Å². The lowest BCUT2D eigenvalue weighted by molar-refractivity contribution is -0.759. The van der Waals surface area contributed by atoms with Crippen molar-refractivity contribution >= 4 is 23.4 Å². The minimum Gasteiger partial charge on any atom is -0.493 e. The Kier molecular flexibility index (Phi) is 5.32. The normalized spacial score (nSPS) is 14.3. The highest BCUT2D eigenvalue weighted by Crippen LogP contribution is 2.38. The molecule has 2 aromatic carbocycles. The molecule has 2 heterocycles. The second-order valence-corrected chi connectivity index (χ2v) is 7.21. The molecule has 0 radical (unpaired) electrons. The van der Waals surface area contributed by atoms with Crippen LogP contribution < -0.4 is 25.0 Å². The van der Waals surface area contributed by atoms with Crippen molar-refractivity contribution in [1.29, 1.82) is 0 Å². The number of carboxylic acid groups (broad SMARTS) is 1. The van der Waals surface area contributed by atoms with Gasteiger partial charge in [0.15, 0.2) is 18.1 Å². The third-order valence-electron chi connectivity index (χ3n) is 4.64. The standard InChI is InChI=1S/C20H18N4O5S/c1-28-14-9-5-7-12(17(14)29-10-15(25)26)18-21-13-8-4-3-6-11(13)16-19(27)22-20(30-2)23-24(16)18/h3-9,18H,10H2,1-2H3,(H2,22,23,25,26,27)/p+1/t18-/m0/s1. The Morgan fingerprint density at radius 3 is 2.80 bits per heavy atom. The average Bonchev–Trinajstić information content (AvgIpc) is 2.76. The highest BCUT2D eigenvalue weighted by Gasteiger charge is 2.39. The second-order valence-electron chi connectivity index (χ2n) is 6.41. The lowest BCUT2D eigenvalue weighted by Crippen LogP contribution is -2.55. The van der Waals surface area contributed by atoms with E-state index in [0.717, 1.165) is 5.69 Å². The van der Waals surface area contributed by atoms with Gasteiger partial charge in [-0.05, 0) is 35.2 Å². The molecule has 4 rings (SSSR count). The Morgan fingerprint density at radius 2 is 2.07 bits per heavy atom. The van der Waals surface area contributed by atoms with Gasteiger partial charge in [-0.1, -0.05) is 30.0 Å². The number of nitrogens with zero attached hydrogens (tertiary/aromatic N) is 2.